The van der Waals surface area contributed by atoms with Crippen molar-refractivity contribution in [2.75, 3.05) is 6.61 Å². The van der Waals surface area contributed by atoms with E-state index in [-0.39, 0.29) is 30.3 Å². The van der Waals surface area contributed by atoms with Gasteiger partial charge in [-0.15, -0.1) is 0 Å². The van der Waals surface area contributed by atoms with Gasteiger partial charge in [-0.25, -0.2) is 0 Å². The average molecular weight is 547 g/mol. The van der Waals surface area contributed by atoms with E-state index >= 15 is 0 Å². The third-order valence-electron chi connectivity index (χ3n) is 11.6. The van der Waals surface area contributed by atoms with Crippen molar-refractivity contribution >= 4 is 22.6 Å². The fourth-order valence-corrected chi connectivity index (χ4v) is 9.26. The molecule has 1 aromatic carbocycles. The molecule has 1 amide bonds. The Morgan fingerprint density at radius 2 is 1.95 bits per heavy atom. The summed E-state index contributed by atoms with van der Waals surface area (Å²) in [6.07, 6.45) is 4.69. The van der Waals surface area contributed by atoms with Gasteiger partial charge in [-0.1, -0.05) is 32.0 Å². The highest BCUT2D eigenvalue weighted by molar-refractivity contribution is 5.97. The SMILES string of the molecule is CC1(C)O[C@@]23CCC4(C)[C@@]5(C)c6[nH]c7ccccc7c6C[C@@H]5C[C@H](OCC(=O)NC5CC5)[C@@]4(O)C2=CC(=O)C1O3. The Morgan fingerprint density at radius 3 is 2.73 bits per heavy atom. The molecule has 8 nitrogen and oxygen atoms in total. The van der Waals surface area contributed by atoms with Crippen molar-refractivity contribution in [2.45, 2.75) is 107 Å². The van der Waals surface area contributed by atoms with Crippen molar-refractivity contribution in [3.05, 3.63) is 47.2 Å². The third-order valence-corrected chi connectivity index (χ3v) is 11.6. The van der Waals surface area contributed by atoms with Gasteiger partial charge in [0, 0.05) is 45.5 Å². The second-order valence-corrected chi connectivity index (χ2v) is 14.0. The molecule has 40 heavy (non-hydrogen) atoms. The first-order chi connectivity index (χ1) is 18.9. The van der Waals surface area contributed by atoms with Crippen LogP contribution in [-0.2, 0) is 35.6 Å². The van der Waals surface area contributed by atoms with Gasteiger partial charge in [0.15, 0.2) is 17.7 Å². The van der Waals surface area contributed by atoms with Crippen LogP contribution in [0.15, 0.2) is 35.9 Å². The number of amides is 1. The second kappa shape index (κ2) is 7.65. The summed E-state index contributed by atoms with van der Waals surface area (Å²) in [5.41, 5.74) is 0.406. The van der Waals surface area contributed by atoms with Gasteiger partial charge < -0.3 is 29.6 Å². The van der Waals surface area contributed by atoms with Crippen LogP contribution < -0.4 is 5.32 Å². The number of carbonyl (C=O) groups excluding carboxylic acids is 2. The Hall–Kier alpha value is -2.52. The molecule has 8 rings (SSSR count). The first kappa shape index (κ1) is 25.2. The van der Waals surface area contributed by atoms with E-state index in [9.17, 15) is 14.7 Å². The fraction of sp³-hybridized carbons (Fsp3) is 0.625. The Morgan fingerprint density at radius 1 is 1.18 bits per heavy atom. The molecule has 2 unspecified atom stereocenters. The zero-order valence-electron chi connectivity index (χ0n) is 23.6. The van der Waals surface area contributed by atoms with Crippen LogP contribution in [0.25, 0.3) is 10.9 Å². The van der Waals surface area contributed by atoms with Crippen LogP contribution in [0.4, 0.5) is 0 Å². The molecule has 1 spiro atoms. The smallest absolute Gasteiger partial charge is 0.246 e. The Kier molecular flexibility index (Phi) is 4.82. The number of fused-ring (bicyclic) bond motifs is 9. The summed E-state index contributed by atoms with van der Waals surface area (Å²) >= 11 is 0. The van der Waals surface area contributed by atoms with E-state index in [2.05, 4.69) is 42.3 Å². The molecular formula is C32H38N2O6. The van der Waals surface area contributed by atoms with Crippen LogP contribution in [0, 0.1) is 11.3 Å². The van der Waals surface area contributed by atoms with Crippen molar-refractivity contribution in [1.82, 2.24) is 10.3 Å². The summed E-state index contributed by atoms with van der Waals surface area (Å²) in [6.45, 7) is 8.03. The van der Waals surface area contributed by atoms with Crippen LogP contribution >= 0.6 is 0 Å². The van der Waals surface area contributed by atoms with E-state index in [1.807, 2.05) is 19.9 Å². The molecule has 8 heteroatoms. The van der Waals surface area contributed by atoms with Gasteiger partial charge >= 0.3 is 0 Å². The van der Waals surface area contributed by atoms with Crippen molar-refractivity contribution in [2.24, 2.45) is 11.3 Å². The Balaban J connectivity index is 1.28. The molecule has 1 saturated heterocycles. The van der Waals surface area contributed by atoms with Gasteiger partial charge in [-0.05, 0) is 69.6 Å². The minimum Gasteiger partial charge on any atom is -0.382 e. The van der Waals surface area contributed by atoms with Gasteiger partial charge in [0.05, 0.1) is 6.10 Å². The molecule has 3 N–H and O–H groups in total. The zero-order valence-corrected chi connectivity index (χ0v) is 23.6. The van der Waals surface area contributed by atoms with Gasteiger partial charge in [-0.3, -0.25) is 9.59 Å². The van der Waals surface area contributed by atoms with Crippen molar-refractivity contribution < 1.29 is 28.9 Å². The molecule has 3 saturated carbocycles. The average Bonchev–Trinajstić information content (AvgIpc) is 3.50. The number of carbonyl (C=O) groups is 2. The predicted octanol–water partition coefficient (Wildman–Crippen LogP) is 3.60. The van der Waals surface area contributed by atoms with Gasteiger partial charge in [0.1, 0.15) is 17.8 Å². The Labute approximate surface area is 233 Å². The minimum absolute atomic E-state index is 0.138. The second-order valence-electron chi connectivity index (χ2n) is 14.0. The highest BCUT2D eigenvalue weighted by Gasteiger charge is 2.78. The van der Waals surface area contributed by atoms with Gasteiger partial charge in [-0.2, -0.15) is 0 Å². The Bertz CT molecular complexity index is 1510. The summed E-state index contributed by atoms with van der Waals surface area (Å²) in [5, 5.41) is 17.5. The lowest BCUT2D eigenvalue weighted by Gasteiger charge is -2.67. The van der Waals surface area contributed by atoms with E-state index in [0.29, 0.717) is 24.8 Å². The summed E-state index contributed by atoms with van der Waals surface area (Å²) in [5.74, 6) is -1.37. The summed E-state index contributed by atoms with van der Waals surface area (Å²) in [6, 6.07) is 8.60. The van der Waals surface area contributed by atoms with Crippen molar-refractivity contribution in [1.29, 1.82) is 0 Å². The lowest BCUT2D eigenvalue weighted by Crippen LogP contribution is -2.75. The quantitative estimate of drug-likeness (QED) is 0.541. The molecule has 4 aliphatic carbocycles. The number of hydrogen-bond acceptors (Lipinski definition) is 6. The maximum absolute atomic E-state index is 13.5. The molecule has 212 valence electrons. The summed E-state index contributed by atoms with van der Waals surface area (Å²) in [4.78, 5) is 30.0. The molecule has 0 radical (unpaired) electrons. The summed E-state index contributed by atoms with van der Waals surface area (Å²) < 4.78 is 19.4. The number of nitrogens with one attached hydrogen (secondary N) is 2. The monoisotopic (exact) mass is 546 g/mol. The molecule has 2 aromatic rings. The highest BCUT2D eigenvalue weighted by Crippen LogP contribution is 2.72. The van der Waals surface area contributed by atoms with Crippen LogP contribution in [0.2, 0.25) is 0 Å². The van der Waals surface area contributed by atoms with Crippen LogP contribution in [-0.4, -0.2) is 63.6 Å². The van der Waals surface area contributed by atoms with E-state index < -0.39 is 40.0 Å². The largest absolute Gasteiger partial charge is 0.382 e. The molecule has 1 aromatic heterocycles. The number of H-pyrrole nitrogens is 1. The molecule has 4 fully saturated rings. The maximum Gasteiger partial charge on any atom is 0.246 e. The van der Waals surface area contributed by atoms with Crippen molar-refractivity contribution in [3.8, 4) is 0 Å². The van der Waals surface area contributed by atoms with Gasteiger partial charge in [0.25, 0.3) is 0 Å². The number of ether oxygens (including phenoxy) is 3. The molecule has 2 bridgehead atoms. The summed E-state index contributed by atoms with van der Waals surface area (Å²) in [7, 11) is 0. The van der Waals surface area contributed by atoms with E-state index in [0.717, 1.165) is 30.5 Å². The number of rotatable bonds is 4. The lowest BCUT2D eigenvalue weighted by molar-refractivity contribution is -0.279. The third kappa shape index (κ3) is 2.91. The van der Waals surface area contributed by atoms with Crippen LogP contribution in [0.1, 0.15) is 71.1 Å². The minimum atomic E-state index is -1.60. The van der Waals surface area contributed by atoms with Crippen LogP contribution in [0.5, 0.6) is 0 Å². The predicted molar refractivity (Wildman–Crippen MR) is 147 cm³/mol. The first-order valence-corrected chi connectivity index (χ1v) is 14.8. The number of ketones is 1. The van der Waals surface area contributed by atoms with E-state index in [1.165, 1.54) is 10.9 Å². The maximum atomic E-state index is 13.5. The molecule has 6 aliphatic rings. The number of para-hydroxylation sites is 1. The van der Waals surface area contributed by atoms with Crippen molar-refractivity contribution in [3.63, 3.8) is 0 Å². The number of aromatic nitrogens is 1. The normalized spacial score (nSPS) is 42.6. The lowest BCUT2D eigenvalue weighted by atomic mass is 9.41. The van der Waals surface area contributed by atoms with Gasteiger partial charge in [0.2, 0.25) is 5.91 Å². The van der Waals surface area contributed by atoms with Crippen LogP contribution in [0.3, 0.4) is 0 Å². The number of aliphatic hydroxyl groups is 1. The first-order valence-electron chi connectivity index (χ1n) is 14.8. The zero-order chi connectivity index (χ0) is 27.9. The number of aromatic amines is 1. The molecule has 3 heterocycles. The standard InChI is InChI=1S/C32H38N2O6/c1-28(2)27-22(35)15-23-31(39-27,40-28)12-11-29(3)30(4)17(13-20-19-7-5-6-8-21(19)34-26(20)30)14-24(32(23,29)37)38-16-25(36)33-18-9-10-18/h5-8,15,17-18,24,27,34,37H,9-14,16H2,1-4H3,(H,33,36)/t17-,24+,27?,29?,30-,31+,32+/m1/s1. The van der Waals surface area contributed by atoms with E-state index in [1.54, 1.807) is 6.08 Å². The molecular weight excluding hydrogens is 508 g/mol. The fourth-order valence-electron chi connectivity index (χ4n) is 9.26. The highest BCUT2D eigenvalue weighted by atomic mass is 16.8. The number of hydrogen-bond donors (Lipinski definition) is 3. The molecule has 2 aliphatic heterocycles. The molecule has 7 atom stereocenters. The number of benzene rings is 1. The topological polar surface area (TPSA) is 110 Å². The van der Waals surface area contributed by atoms with E-state index in [4.69, 9.17) is 14.2 Å².